The molecule has 3 aromatic carbocycles. The number of carbonyl (C=O) groups excluding carboxylic acids is 2. The van der Waals surface area contributed by atoms with Crippen molar-refractivity contribution in [3.63, 3.8) is 0 Å². The molecule has 5 rings (SSSR count). The van der Waals surface area contributed by atoms with Crippen LogP contribution in [0.5, 0.6) is 5.75 Å². The number of benzene rings is 3. The summed E-state index contributed by atoms with van der Waals surface area (Å²) in [6, 6.07) is 19.3. The Bertz CT molecular complexity index is 1770. The van der Waals surface area contributed by atoms with E-state index in [2.05, 4.69) is 23.3 Å². The fourth-order valence-electron chi connectivity index (χ4n) is 4.25. The summed E-state index contributed by atoms with van der Waals surface area (Å²) in [6.45, 7) is 2.67. The number of thioether (sulfide) groups is 1. The number of aromatic nitrogens is 1. The number of pyridine rings is 1. The first kappa shape index (κ1) is 32.1. The average molecular weight is 645 g/mol. The van der Waals surface area contributed by atoms with Gasteiger partial charge in [0.25, 0.3) is 25.5 Å². The largest absolute Gasteiger partial charge is 0.493 e. The molecule has 11 nitrogen and oxygen atoms in total. The number of hydrogen-bond donors (Lipinski definition) is 3. The predicted molar refractivity (Wildman–Crippen MR) is 161 cm³/mol. The van der Waals surface area contributed by atoms with E-state index in [-0.39, 0.29) is 27.2 Å². The van der Waals surface area contributed by atoms with Gasteiger partial charge in [0, 0.05) is 29.1 Å². The fraction of sp³-hybridized carbons (Fsp3) is 0.207. The number of ether oxygens (including phenoxy) is 1. The monoisotopic (exact) mass is 644 g/mol. The van der Waals surface area contributed by atoms with Crippen molar-refractivity contribution in [2.45, 2.75) is 41.2 Å². The molecule has 4 aromatic rings. The second kappa shape index (κ2) is 13.7. The number of hydrogen-bond acceptors (Lipinski definition) is 9. The minimum absolute atomic E-state index is 0.0233. The number of fused-ring (bicyclic) bond motifs is 1. The van der Waals surface area contributed by atoms with Crippen molar-refractivity contribution >= 4 is 53.9 Å². The smallest absolute Gasteiger partial charge is 0.295 e. The van der Waals surface area contributed by atoms with Crippen LogP contribution in [0, 0.1) is 0 Å². The Morgan fingerprint density at radius 3 is 1.88 bits per heavy atom. The molecule has 1 aromatic heterocycles. The fourth-order valence-corrected chi connectivity index (χ4v) is 6.52. The molecule has 1 fully saturated rings. The van der Waals surface area contributed by atoms with Crippen molar-refractivity contribution in [2.24, 2.45) is 0 Å². The zero-order valence-electron chi connectivity index (χ0n) is 22.8. The summed E-state index contributed by atoms with van der Waals surface area (Å²) in [4.78, 5) is 26.4. The van der Waals surface area contributed by atoms with E-state index in [1.54, 1.807) is 0 Å². The minimum atomic E-state index is -4.47. The van der Waals surface area contributed by atoms with Gasteiger partial charge in [-0.15, -0.1) is 0 Å². The molecule has 14 heteroatoms. The molecule has 1 atom stereocenters. The summed E-state index contributed by atoms with van der Waals surface area (Å²) in [5.41, 5.74) is 3.25. The summed E-state index contributed by atoms with van der Waals surface area (Å²) in [7, 11) is -8.94. The van der Waals surface area contributed by atoms with Gasteiger partial charge in [0.1, 0.15) is 15.5 Å². The third-order valence-corrected chi connectivity index (χ3v) is 9.24. The van der Waals surface area contributed by atoms with Crippen LogP contribution in [0.4, 0.5) is 4.79 Å². The number of nitrogens with one attached hydrogen (secondary N) is 1. The lowest BCUT2D eigenvalue weighted by molar-refractivity contribution is -0.118. The molecule has 0 bridgehead atoms. The van der Waals surface area contributed by atoms with E-state index in [1.165, 1.54) is 29.8 Å². The molecule has 0 radical (unpaired) electrons. The molecule has 1 aliphatic rings. The van der Waals surface area contributed by atoms with Gasteiger partial charge in [0.05, 0.1) is 11.9 Å². The highest BCUT2D eigenvalue weighted by atomic mass is 32.2. The second-order valence-electron chi connectivity index (χ2n) is 9.40. The molecule has 43 heavy (non-hydrogen) atoms. The number of aryl methyl sites for hydroxylation is 1. The number of amides is 2. The summed E-state index contributed by atoms with van der Waals surface area (Å²) in [6.07, 6.45) is 4.19. The molecule has 226 valence electrons. The molecule has 2 heterocycles. The van der Waals surface area contributed by atoms with Crippen LogP contribution in [0.15, 0.2) is 88.8 Å². The second-order valence-corrected chi connectivity index (χ2v) is 13.4. The van der Waals surface area contributed by atoms with Crippen molar-refractivity contribution in [2.75, 3.05) is 6.61 Å². The van der Waals surface area contributed by atoms with Crippen LogP contribution >= 0.6 is 11.8 Å². The van der Waals surface area contributed by atoms with Gasteiger partial charge in [0.2, 0.25) is 5.91 Å². The maximum absolute atomic E-state index is 11.6. The lowest BCUT2D eigenvalue weighted by Gasteiger charge is -2.09. The lowest BCUT2D eigenvalue weighted by atomic mass is 10.1. The number of carbonyl (C=O) groups is 2. The highest BCUT2D eigenvalue weighted by molar-refractivity contribution is 8.15. The molecule has 1 aliphatic heterocycles. The Morgan fingerprint density at radius 1 is 0.837 bits per heavy atom. The summed E-state index contributed by atoms with van der Waals surface area (Å²) >= 11 is 1.05. The van der Waals surface area contributed by atoms with Crippen LogP contribution in [-0.4, -0.2) is 53.9 Å². The molecular weight excluding hydrogens is 617 g/mol. The van der Waals surface area contributed by atoms with E-state index in [9.17, 15) is 26.4 Å². The number of rotatable bonds is 9. The van der Waals surface area contributed by atoms with Crippen LogP contribution in [-0.2, 0) is 44.3 Å². The van der Waals surface area contributed by atoms with Crippen molar-refractivity contribution in [3.05, 3.63) is 95.8 Å². The van der Waals surface area contributed by atoms with Crippen LogP contribution in [0.1, 0.15) is 23.7 Å². The quantitative estimate of drug-likeness (QED) is 0.219. The standard InChI is InChI=1S/C19H20N2O3S.C10H8O6S2/c1-2-13-3-6-15(20-12-13)9-10-24-16-7-4-14(5-8-16)11-17-18(22)21-19(23)25-17;11-17(12,13)9-5-1-3-7-8(9)4-2-6-10(7)18(14,15)16/h3-8,12,17H,2,9-11H2,1H3,(H,21,22,23);1-6H,(H,11,12,13)(H,14,15,16)/t17-;/m1./s1. The summed E-state index contributed by atoms with van der Waals surface area (Å²) in [5, 5.41) is 1.75. The zero-order chi connectivity index (χ0) is 31.2. The average Bonchev–Trinajstić information content (AvgIpc) is 3.28. The summed E-state index contributed by atoms with van der Waals surface area (Å²) < 4.78 is 68.4. The first-order valence-corrected chi connectivity index (χ1v) is 16.7. The van der Waals surface area contributed by atoms with Gasteiger partial charge in [-0.3, -0.25) is 29.0 Å². The molecule has 0 aliphatic carbocycles. The maximum Gasteiger partial charge on any atom is 0.295 e. The highest BCUT2D eigenvalue weighted by Gasteiger charge is 2.31. The Morgan fingerprint density at radius 2 is 1.42 bits per heavy atom. The van der Waals surface area contributed by atoms with Crippen molar-refractivity contribution in [1.82, 2.24) is 10.3 Å². The van der Waals surface area contributed by atoms with Crippen LogP contribution in [0.25, 0.3) is 10.8 Å². The van der Waals surface area contributed by atoms with Gasteiger partial charge in [-0.05, 0) is 54.3 Å². The normalized spacial score (nSPS) is 15.1. The van der Waals surface area contributed by atoms with E-state index in [4.69, 9.17) is 13.8 Å². The molecule has 1 saturated heterocycles. The molecular formula is C29H28N2O9S3. The van der Waals surface area contributed by atoms with Gasteiger partial charge in [-0.25, -0.2) is 0 Å². The molecule has 0 spiro atoms. The van der Waals surface area contributed by atoms with Crippen molar-refractivity contribution in [3.8, 4) is 5.75 Å². The first-order chi connectivity index (χ1) is 20.3. The Labute approximate surface area is 253 Å². The molecule has 0 saturated carbocycles. The minimum Gasteiger partial charge on any atom is -0.493 e. The van der Waals surface area contributed by atoms with Gasteiger partial charge in [-0.1, -0.05) is 61.2 Å². The van der Waals surface area contributed by atoms with E-state index in [1.807, 2.05) is 36.5 Å². The highest BCUT2D eigenvalue weighted by Crippen LogP contribution is 2.28. The first-order valence-electron chi connectivity index (χ1n) is 13.0. The third kappa shape index (κ3) is 8.61. The topological polar surface area (TPSA) is 177 Å². The van der Waals surface area contributed by atoms with E-state index in [0.29, 0.717) is 13.0 Å². The van der Waals surface area contributed by atoms with Crippen LogP contribution in [0.3, 0.4) is 0 Å². The van der Waals surface area contributed by atoms with Gasteiger partial charge in [0.15, 0.2) is 0 Å². The van der Waals surface area contributed by atoms with Crippen LogP contribution < -0.4 is 10.1 Å². The van der Waals surface area contributed by atoms with E-state index in [0.717, 1.165) is 53.7 Å². The number of imide groups is 1. The lowest BCUT2D eigenvalue weighted by Crippen LogP contribution is -2.25. The maximum atomic E-state index is 11.6. The molecule has 2 amide bonds. The van der Waals surface area contributed by atoms with Gasteiger partial charge in [-0.2, -0.15) is 16.8 Å². The zero-order valence-corrected chi connectivity index (χ0v) is 25.3. The SMILES string of the molecule is CCc1ccc(CCOc2ccc(C[C@H]3SC(=O)NC3=O)cc2)nc1.O=S(=O)(O)c1cccc2c(S(=O)(=O)O)cccc12. The summed E-state index contributed by atoms with van der Waals surface area (Å²) in [5.74, 6) is 0.574. The third-order valence-electron chi connectivity index (χ3n) is 6.43. The predicted octanol–water partition coefficient (Wildman–Crippen LogP) is 4.49. The van der Waals surface area contributed by atoms with E-state index >= 15 is 0 Å². The Balaban J connectivity index is 0.000000208. The van der Waals surface area contributed by atoms with E-state index < -0.39 is 30.0 Å². The number of nitrogens with zero attached hydrogens (tertiary/aromatic N) is 1. The molecule has 3 N–H and O–H groups in total. The van der Waals surface area contributed by atoms with Crippen LogP contribution in [0.2, 0.25) is 0 Å². The Kier molecular flexibility index (Phi) is 10.2. The van der Waals surface area contributed by atoms with Gasteiger partial charge >= 0.3 is 0 Å². The molecule has 0 unspecified atom stereocenters. The van der Waals surface area contributed by atoms with Crippen molar-refractivity contribution in [1.29, 1.82) is 0 Å². The van der Waals surface area contributed by atoms with Crippen molar-refractivity contribution < 1.29 is 40.3 Å². The van der Waals surface area contributed by atoms with Gasteiger partial charge < -0.3 is 4.74 Å². The Hall–Kier alpha value is -3.82.